The largest absolute Gasteiger partial charge is 0.355 e. The van der Waals surface area contributed by atoms with E-state index >= 15 is 0 Å². The van der Waals surface area contributed by atoms with Gasteiger partial charge < -0.3 is 9.84 Å². The van der Waals surface area contributed by atoms with E-state index in [2.05, 4.69) is 26.4 Å². The van der Waals surface area contributed by atoms with Crippen LogP contribution in [0, 0.1) is 0 Å². The van der Waals surface area contributed by atoms with Crippen molar-refractivity contribution in [2.24, 2.45) is 0 Å². The smallest absolute Gasteiger partial charge is 0.255 e. The lowest BCUT2D eigenvalue weighted by Gasteiger charge is -2.06. The number of carbonyl (C=O) groups excluding carboxylic acids is 2. The van der Waals surface area contributed by atoms with Crippen molar-refractivity contribution in [2.75, 3.05) is 5.32 Å². The summed E-state index contributed by atoms with van der Waals surface area (Å²) in [5, 5.41) is 7.68. The van der Waals surface area contributed by atoms with Crippen LogP contribution in [-0.2, 0) is 0 Å². The average molecular weight is 435 g/mol. The third kappa shape index (κ3) is 3.59. The van der Waals surface area contributed by atoms with E-state index in [0.29, 0.717) is 28.1 Å². The Morgan fingerprint density at radius 1 is 0.929 bits per heavy atom. The van der Waals surface area contributed by atoms with E-state index in [-0.39, 0.29) is 11.7 Å². The van der Waals surface area contributed by atoms with Crippen LogP contribution >= 0.6 is 15.9 Å². The predicted octanol–water partition coefficient (Wildman–Crippen LogP) is 5.71. The first kappa shape index (κ1) is 18.1. The number of anilines is 1. The molecule has 0 fully saturated rings. The number of fused-ring (bicyclic) bond motifs is 1. The highest BCUT2D eigenvalue weighted by atomic mass is 79.9. The molecule has 0 spiro atoms. The number of amides is 1. The molecule has 0 aliphatic carbocycles. The molecule has 0 aliphatic heterocycles. The lowest BCUT2D eigenvalue weighted by Crippen LogP contribution is -2.11. The minimum Gasteiger partial charge on any atom is -0.355 e. The first-order chi connectivity index (χ1) is 13.5. The van der Waals surface area contributed by atoms with Crippen molar-refractivity contribution >= 4 is 44.2 Å². The SMILES string of the molecule is CC(=O)c1ccc(NC(=O)c2ccc3noc(-c4ccc(Br)cc4)c3c2)cc1. The number of halogens is 1. The summed E-state index contributed by atoms with van der Waals surface area (Å²) >= 11 is 3.42. The number of rotatable bonds is 4. The average Bonchev–Trinajstić information content (AvgIpc) is 3.12. The number of ketones is 1. The Labute approximate surface area is 169 Å². The van der Waals surface area contributed by atoms with Crippen LogP contribution in [-0.4, -0.2) is 16.8 Å². The van der Waals surface area contributed by atoms with Crippen molar-refractivity contribution in [1.29, 1.82) is 0 Å². The van der Waals surface area contributed by atoms with Crippen molar-refractivity contribution in [3.63, 3.8) is 0 Å². The van der Waals surface area contributed by atoms with Crippen molar-refractivity contribution in [1.82, 2.24) is 5.16 Å². The number of nitrogens with one attached hydrogen (secondary N) is 1. The Morgan fingerprint density at radius 2 is 1.61 bits per heavy atom. The van der Waals surface area contributed by atoms with Gasteiger partial charge in [-0.3, -0.25) is 9.59 Å². The minimum atomic E-state index is -0.250. The molecule has 0 radical (unpaired) electrons. The number of hydrogen-bond acceptors (Lipinski definition) is 4. The minimum absolute atomic E-state index is 0.0174. The Kier molecular flexibility index (Phi) is 4.79. The van der Waals surface area contributed by atoms with Gasteiger partial charge in [-0.15, -0.1) is 0 Å². The summed E-state index contributed by atoms with van der Waals surface area (Å²) in [6, 6.07) is 19.7. The number of nitrogens with zero attached hydrogens (tertiary/aromatic N) is 1. The fourth-order valence-electron chi connectivity index (χ4n) is 2.88. The van der Waals surface area contributed by atoms with Gasteiger partial charge in [-0.2, -0.15) is 0 Å². The van der Waals surface area contributed by atoms with Crippen molar-refractivity contribution in [3.05, 3.63) is 82.3 Å². The molecule has 4 rings (SSSR count). The highest BCUT2D eigenvalue weighted by Gasteiger charge is 2.14. The standard InChI is InChI=1S/C22H15BrN2O3/c1-13(26)14-4-9-18(10-5-14)24-22(27)16-6-11-20-19(12-16)21(28-25-20)15-2-7-17(23)8-3-15/h2-12H,1H3,(H,24,27). The van der Waals surface area contributed by atoms with Crippen LogP contribution in [0.15, 0.2) is 75.7 Å². The molecule has 0 aliphatic rings. The zero-order valence-electron chi connectivity index (χ0n) is 14.9. The van der Waals surface area contributed by atoms with E-state index in [0.717, 1.165) is 15.4 Å². The summed E-state index contributed by atoms with van der Waals surface area (Å²) in [6.45, 7) is 1.50. The third-order valence-electron chi connectivity index (χ3n) is 4.39. The summed E-state index contributed by atoms with van der Waals surface area (Å²) in [6.07, 6.45) is 0. The molecular formula is C22H15BrN2O3. The van der Waals surface area contributed by atoms with Crippen molar-refractivity contribution < 1.29 is 14.1 Å². The molecule has 138 valence electrons. The first-order valence-corrected chi connectivity index (χ1v) is 9.38. The molecule has 1 heterocycles. The van der Waals surface area contributed by atoms with Gasteiger partial charge in [-0.25, -0.2) is 0 Å². The lowest BCUT2D eigenvalue weighted by atomic mass is 10.1. The molecule has 1 aromatic heterocycles. The number of hydrogen-bond donors (Lipinski definition) is 1. The normalized spacial score (nSPS) is 10.8. The molecule has 5 nitrogen and oxygen atoms in total. The number of aromatic nitrogens is 1. The van der Waals surface area contributed by atoms with Crippen LogP contribution in [0.25, 0.3) is 22.2 Å². The van der Waals surface area contributed by atoms with Crippen molar-refractivity contribution in [2.45, 2.75) is 6.92 Å². The topological polar surface area (TPSA) is 72.2 Å². The highest BCUT2D eigenvalue weighted by molar-refractivity contribution is 9.10. The molecule has 28 heavy (non-hydrogen) atoms. The van der Waals surface area contributed by atoms with E-state index in [1.807, 2.05) is 24.3 Å². The van der Waals surface area contributed by atoms with E-state index in [1.165, 1.54) is 6.92 Å². The highest BCUT2D eigenvalue weighted by Crippen LogP contribution is 2.30. The van der Waals surface area contributed by atoms with Gasteiger partial charge >= 0.3 is 0 Å². The number of benzene rings is 3. The fraction of sp³-hybridized carbons (Fsp3) is 0.0455. The second-order valence-corrected chi connectivity index (χ2v) is 7.25. The van der Waals surface area contributed by atoms with Crippen LogP contribution in [0.5, 0.6) is 0 Å². The number of Topliss-reactive ketones (excluding diaryl/α,β-unsaturated/α-hetero) is 1. The maximum atomic E-state index is 12.7. The molecule has 3 aromatic carbocycles. The molecule has 4 aromatic rings. The van der Waals surface area contributed by atoms with Crippen LogP contribution in [0.2, 0.25) is 0 Å². The van der Waals surface area contributed by atoms with Gasteiger partial charge in [-0.1, -0.05) is 21.1 Å². The molecule has 0 atom stereocenters. The van der Waals surface area contributed by atoms with Crippen LogP contribution in [0.4, 0.5) is 5.69 Å². The van der Waals surface area contributed by atoms with Gasteiger partial charge in [-0.05, 0) is 73.7 Å². The quantitative estimate of drug-likeness (QED) is 0.417. The Morgan fingerprint density at radius 3 is 2.29 bits per heavy atom. The van der Waals surface area contributed by atoms with Gasteiger partial charge in [0, 0.05) is 26.9 Å². The van der Waals surface area contributed by atoms with E-state index in [9.17, 15) is 9.59 Å². The molecular weight excluding hydrogens is 420 g/mol. The van der Waals surface area contributed by atoms with Gasteiger partial charge in [0.2, 0.25) is 0 Å². The van der Waals surface area contributed by atoms with Crippen LogP contribution < -0.4 is 5.32 Å². The van der Waals surface area contributed by atoms with Gasteiger partial charge in [0.25, 0.3) is 5.91 Å². The summed E-state index contributed by atoms with van der Waals surface area (Å²) in [5.41, 5.74) is 3.27. The predicted molar refractivity (Wildman–Crippen MR) is 112 cm³/mol. The zero-order chi connectivity index (χ0) is 19.7. The van der Waals surface area contributed by atoms with E-state index < -0.39 is 0 Å². The summed E-state index contributed by atoms with van der Waals surface area (Å²) < 4.78 is 6.47. The Balaban J connectivity index is 1.63. The second kappa shape index (κ2) is 7.40. The summed E-state index contributed by atoms with van der Waals surface area (Å²) in [4.78, 5) is 24.0. The lowest BCUT2D eigenvalue weighted by molar-refractivity contribution is 0.101. The van der Waals surface area contributed by atoms with Gasteiger partial charge in [0.1, 0.15) is 5.52 Å². The number of carbonyl (C=O) groups is 2. The monoisotopic (exact) mass is 434 g/mol. The molecule has 0 bridgehead atoms. The van der Waals surface area contributed by atoms with E-state index in [1.54, 1.807) is 42.5 Å². The molecule has 1 N–H and O–H groups in total. The maximum Gasteiger partial charge on any atom is 0.255 e. The summed E-state index contributed by atoms with van der Waals surface area (Å²) in [5.74, 6) is 0.347. The fourth-order valence-corrected chi connectivity index (χ4v) is 3.15. The molecule has 0 saturated carbocycles. The Hall–Kier alpha value is -3.25. The summed E-state index contributed by atoms with van der Waals surface area (Å²) in [7, 11) is 0. The zero-order valence-corrected chi connectivity index (χ0v) is 16.5. The molecule has 0 saturated heterocycles. The Bertz CT molecular complexity index is 1180. The second-order valence-electron chi connectivity index (χ2n) is 6.34. The van der Waals surface area contributed by atoms with Gasteiger partial charge in [0.15, 0.2) is 11.5 Å². The van der Waals surface area contributed by atoms with Crippen molar-refractivity contribution in [3.8, 4) is 11.3 Å². The first-order valence-electron chi connectivity index (χ1n) is 8.59. The molecule has 6 heteroatoms. The van der Waals surface area contributed by atoms with Gasteiger partial charge in [0.05, 0.1) is 5.39 Å². The van der Waals surface area contributed by atoms with Crippen LogP contribution in [0.1, 0.15) is 27.6 Å². The van der Waals surface area contributed by atoms with Crippen LogP contribution in [0.3, 0.4) is 0 Å². The third-order valence-corrected chi connectivity index (χ3v) is 4.92. The molecule has 1 amide bonds. The molecule has 0 unspecified atom stereocenters. The van der Waals surface area contributed by atoms with E-state index in [4.69, 9.17) is 4.52 Å². The maximum absolute atomic E-state index is 12.7.